The molecule has 5 heteroatoms. The van der Waals surface area contributed by atoms with Crippen LogP contribution in [-0.2, 0) is 12.7 Å². The molecule has 0 aromatic heterocycles. The molecular formula is C16H15BrF3N. The molecule has 0 radical (unpaired) electrons. The molecule has 0 spiro atoms. The first-order chi connectivity index (χ1) is 9.86. The van der Waals surface area contributed by atoms with Crippen LogP contribution < -0.4 is 5.32 Å². The average molecular weight is 358 g/mol. The smallest absolute Gasteiger partial charge is 0.306 e. The first-order valence-corrected chi connectivity index (χ1v) is 7.30. The highest BCUT2D eigenvalue weighted by Crippen LogP contribution is 2.30. The van der Waals surface area contributed by atoms with E-state index in [0.717, 1.165) is 16.1 Å². The van der Waals surface area contributed by atoms with Gasteiger partial charge in [0.1, 0.15) is 0 Å². The van der Waals surface area contributed by atoms with Crippen LogP contribution >= 0.6 is 15.9 Å². The molecule has 1 atom stereocenters. The Morgan fingerprint density at radius 2 is 1.76 bits per heavy atom. The normalized spacial score (nSPS) is 13.2. The number of nitrogens with one attached hydrogen (secondary N) is 1. The lowest BCUT2D eigenvalue weighted by atomic mass is 10.0. The van der Waals surface area contributed by atoms with Gasteiger partial charge in [-0.25, -0.2) is 0 Å². The number of alkyl halides is 3. The lowest BCUT2D eigenvalue weighted by Gasteiger charge is -2.16. The van der Waals surface area contributed by atoms with Gasteiger partial charge < -0.3 is 5.32 Å². The molecule has 1 N–H and O–H groups in total. The largest absolute Gasteiger partial charge is 0.416 e. The van der Waals surface area contributed by atoms with Gasteiger partial charge in [0, 0.05) is 17.1 Å². The Labute approximate surface area is 130 Å². The van der Waals surface area contributed by atoms with Crippen LogP contribution in [0, 0.1) is 0 Å². The lowest BCUT2D eigenvalue weighted by molar-refractivity contribution is -0.137. The van der Waals surface area contributed by atoms with Crippen molar-refractivity contribution in [2.75, 3.05) is 0 Å². The molecule has 0 heterocycles. The van der Waals surface area contributed by atoms with E-state index in [1.807, 2.05) is 31.2 Å². The van der Waals surface area contributed by atoms with Crippen molar-refractivity contribution in [2.24, 2.45) is 0 Å². The van der Waals surface area contributed by atoms with Crippen molar-refractivity contribution in [3.05, 3.63) is 69.7 Å². The molecule has 0 saturated heterocycles. The molecule has 0 aliphatic carbocycles. The monoisotopic (exact) mass is 357 g/mol. The summed E-state index contributed by atoms with van der Waals surface area (Å²) in [6.45, 7) is 2.46. The number of hydrogen-bond donors (Lipinski definition) is 1. The Morgan fingerprint density at radius 1 is 1.10 bits per heavy atom. The van der Waals surface area contributed by atoms with E-state index in [-0.39, 0.29) is 6.04 Å². The summed E-state index contributed by atoms with van der Waals surface area (Å²) in [5, 5.41) is 3.23. The van der Waals surface area contributed by atoms with Crippen molar-refractivity contribution in [2.45, 2.75) is 25.7 Å². The predicted molar refractivity (Wildman–Crippen MR) is 80.8 cm³/mol. The number of hydrogen-bond acceptors (Lipinski definition) is 1. The van der Waals surface area contributed by atoms with Crippen LogP contribution in [0.1, 0.15) is 29.7 Å². The molecule has 0 aliphatic rings. The van der Waals surface area contributed by atoms with Gasteiger partial charge in [-0.2, -0.15) is 13.2 Å². The van der Waals surface area contributed by atoms with Gasteiger partial charge in [-0.15, -0.1) is 0 Å². The minimum absolute atomic E-state index is 0.157. The maximum absolute atomic E-state index is 12.7. The van der Waals surface area contributed by atoms with Crippen LogP contribution in [0.25, 0.3) is 0 Å². The third kappa shape index (κ3) is 4.58. The minimum Gasteiger partial charge on any atom is -0.306 e. The second kappa shape index (κ2) is 6.62. The predicted octanol–water partition coefficient (Wildman–Crippen LogP) is 5.32. The van der Waals surface area contributed by atoms with Crippen molar-refractivity contribution in [1.82, 2.24) is 5.32 Å². The summed E-state index contributed by atoms with van der Waals surface area (Å²) in [5.41, 5.74) is 1.09. The van der Waals surface area contributed by atoms with Gasteiger partial charge in [0.15, 0.2) is 0 Å². The molecule has 2 rings (SSSR count). The van der Waals surface area contributed by atoms with Gasteiger partial charge in [-0.1, -0.05) is 40.2 Å². The molecule has 1 unspecified atom stereocenters. The third-order valence-corrected chi connectivity index (χ3v) is 3.77. The molecule has 1 nitrogen and oxygen atoms in total. The summed E-state index contributed by atoms with van der Waals surface area (Å²) in [5.74, 6) is 0. The summed E-state index contributed by atoms with van der Waals surface area (Å²) >= 11 is 3.36. The summed E-state index contributed by atoms with van der Waals surface area (Å²) in [7, 11) is 0. The van der Waals surface area contributed by atoms with Crippen LogP contribution in [0.3, 0.4) is 0 Å². The van der Waals surface area contributed by atoms with Crippen LogP contribution in [-0.4, -0.2) is 0 Å². The molecule has 0 amide bonds. The van der Waals surface area contributed by atoms with E-state index in [1.54, 1.807) is 6.07 Å². The van der Waals surface area contributed by atoms with E-state index in [4.69, 9.17) is 0 Å². The van der Waals surface area contributed by atoms with E-state index in [1.165, 1.54) is 12.1 Å². The van der Waals surface area contributed by atoms with E-state index >= 15 is 0 Å². The summed E-state index contributed by atoms with van der Waals surface area (Å²) < 4.78 is 39.1. The zero-order valence-electron chi connectivity index (χ0n) is 11.4. The average Bonchev–Trinajstić information content (AvgIpc) is 2.45. The summed E-state index contributed by atoms with van der Waals surface area (Å²) in [4.78, 5) is 0. The van der Waals surface area contributed by atoms with Gasteiger partial charge >= 0.3 is 6.18 Å². The van der Waals surface area contributed by atoms with Crippen molar-refractivity contribution < 1.29 is 13.2 Å². The Kier molecular flexibility index (Phi) is 5.06. The highest BCUT2D eigenvalue weighted by atomic mass is 79.9. The topological polar surface area (TPSA) is 12.0 Å². The van der Waals surface area contributed by atoms with Crippen molar-refractivity contribution in [3.8, 4) is 0 Å². The maximum atomic E-state index is 12.7. The van der Waals surface area contributed by atoms with Crippen molar-refractivity contribution in [1.29, 1.82) is 0 Å². The fraction of sp³-hybridized carbons (Fsp3) is 0.250. The second-order valence-electron chi connectivity index (χ2n) is 4.85. The first kappa shape index (κ1) is 16.0. The van der Waals surface area contributed by atoms with E-state index in [2.05, 4.69) is 21.2 Å². The zero-order chi connectivity index (χ0) is 15.5. The molecule has 2 aromatic rings. The highest BCUT2D eigenvalue weighted by Gasteiger charge is 2.30. The fourth-order valence-electron chi connectivity index (χ4n) is 1.98. The molecule has 0 saturated carbocycles. The Morgan fingerprint density at radius 3 is 2.38 bits per heavy atom. The molecule has 0 aliphatic heterocycles. The Bertz CT molecular complexity index is 593. The minimum atomic E-state index is -4.30. The molecule has 112 valence electrons. The summed E-state index contributed by atoms with van der Waals surface area (Å²) in [6, 6.07) is 13.1. The molecule has 2 aromatic carbocycles. The van der Waals surface area contributed by atoms with Crippen LogP contribution in [0.5, 0.6) is 0 Å². The van der Waals surface area contributed by atoms with Crippen LogP contribution in [0.15, 0.2) is 53.0 Å². The maximum Gasteiger partial charge on any atom is 0.416 e. The van der Waals surface area contributed by atoms with Gasteiger partial charge in [0.05, 0.1) is 5.56 Å². The molecule has 21 heavy (non-hydrogen) atoms. The van der Waals surface area contributed by atoms with Gasteiger partial charge in [0.2, 0.25) is 0 Å². The quantitative estimate of drug-likeness (QED) is 0.780. The van der Waals surface area contributed by atoms with Gasteiger partial charge in [0.25, 0.3) is 0 Å². The third-order valence-electron chi connectivity index (χ3n) is 3.24. The van der Waals surface area contributed by atoms with E-state index in [0.29, 0.717) is 12.1 Å². The van der Waals surface area contributed by atoms with Crippen LogP contribution in [0.4, 0.5) is 13.2 Å². The molecule has 0 bridgehead atoms. The van der Waals surface area contributed by atoms with Gasteiger partial charge in [-0.05, 0) is 42.3 Å². The molecular weight excluding hydrogens is 343 g/mol. The summed E-state index contributed by atoms with van der Waals surface area (Å²) in [6.07, 6.45) is -4.30. The van der Waals surface area contributed by atoms with E-state index < -0.39 is 11.7 Å². The Hall–Kier alpha value is -1.33. The van der Waals surface area contributed by atoms with Gasteiger partial charge in [-0.3, -0.25) is 0 Å². The van der Waals surface area contributed by atoms with Crippen molar-refractivity contribution in [3.63, 3.8) is 0 Å². The SMILES string of the molecule is CC(NCc1ccc(Br)cc1)c1cccc(C(F)(F)F)c1. The van der Waals surface area contributed by atoms with Crippen molar-refractivity contribution >= 4 is 15.9 Å². The number of halogens is 4. The molecule has 0 fully saturated rings. The fourth-order valence-corrected chi connectivity index (χ4v) is 2.24. The first-order valence-electron chi connectivity index (χ1n) is 6.51. The number of rotatable bonds is 4. The number of benzene rings is 2. The zero-order valence-corrected chi connectivity index (χ0v) is 13.0. The standard InChI is InChI=1S/C16H15BrF3N/c1-11(21-10-12-5-7-15(17)8-6-12)13-3-2-4-14(9-13)16(18,19)20/h2-9,11,21H,10H2,1H3. The lowest BCUT2D eigenvalue weighted by Crippen LogP contribution is -2.18. The van der Waals surface area contributed by atoms with Crippen LogP contribution in [0.2, 0.25) is 0 Å². The Balaban J connectivity index is 2.03. The highest BCUT2D eigenvalue weighted by molar-refractivity contribution is 9.10. The van der Waals surface area contributed by atoms with E-state index in [9.17, 15) is 13.2 Å². The second-order valence-corrected chi connectivity index (χ2v) is 5.77.